The lowest BCUT2D eigenvalue weighted by molar-refractivity contribution is 0.726. The first-order chi connectivity index (χ1) is 9.29. The minimum atomic E-state index is 0.785. The summed E-state index contributed by atoms with van der Waals surface area (Å²) >= 11 is 0. The first kappa shape index (κ1) is 14.1. The molecule has 0 spiro atoms. The quantitative estimate of drug-likeness (QED) is 0.826. The molecule has 0 bridgehead atoms. The van der Waals surface area contributed by atoms with Gasteiger partial charge in [0.2, 0.25) is 5.95 Å². The zero-order valence-corrected chi connectivity index (χ0v) is 12.3. The van der Waals surface area contributed by atoms with E-state index < -0.39 is 0 Å². The average molecular weight is 262 g/mol. The molecular formula is C15H26N4. The molecule has 106 valence electrons. The van der Waals surface area contributed by atoms with E-state index in [1.165, 1.54) is 32.1 Å². The topological polar surface area (TPSA) is 41.1 Å². The molecule has 19 heavy (non-hydrogen) atoms. The molecule has 0 amide bonds. The van der Waals surface area contributed by atoms with Gasteiger partial charge in [0.1, 0.15) is 5.82 Å². The normalized spacial score (nSPS) is 16.2. The predicted molar refractivity (Wildman–Crippen MR) is 80.8 cm³/mol. The second-order valence-electron chi connectivity index (χ2n) is 5.37. The van der Waals surface area contributed by atoms with Crippen LogP contribution in [0.4, 0.5) is 11.8 Å². The molecule has 2 heterocycles. The minimum Gasteiger partial charge on any atom is -0.356 e. The third-order valence-corrected chi connectivity index (χ3v) is 3.58. The van der Waals surface area contributed by atoms with Crippen LogP contribution in [-0.2, 0) is 0 Å². The van der Waals surface area contributed by atoms with Crippen molar-refractivity contribution >= 4 is 11.8 Å². The molecule has 2 rings (SSSR count). The van der Waals surface area contributed by atoms with Crippen molar-refractivity contribution in [1.29, 1.82) is 0 Å². The molecule has 1 aromatic heterocycles. The van der Waals surface area contributed by atoms with E-state index in [1.54, 1.807) is 0 Å². The van der Waals surface area contributed by atoms with Crippen molar-refractivity contribution in [2.75, 3.05) is 29.9 Å². The zero-order chi connectivity index (χ0) is 13.5. The van der Waals surface area contributed by atoms with Crippen LogP contribution in [0, 0.1) is 6.92 Å². The maximum atomic E-state index is 4.67. The third-order valence-electron chi connectivity index (χ3n) is 3.58. The van der Waals surface area contributed by atoms with E-state index in [9.17, 15) is 0 Å². The van der Waals surface area contributed by atoms with Crippen molar-refractivity contribution in [1.82, 2.24) is 9.97 Å². The van der Waals surface area contributed by atoms with Crippen molar-refractivity contribution < 1.29 is 0 Å². The fourth-order valence-corrected chi connectivity index (χ4v) is 2.47. The Morgan fingerprint density at radius 3 is 2.58 bits per heavy atom. The SMILES string of the molecule is CCCCNc1nc(C)cc(N2CCCCCC2)n1. The maximum absolute atomic E-state index is 4.67. The molecule has 0 saturated carbocycles. The summed E-state index contributed by atoms with van der Waals surface area (Å²) in [4.78, 5) is 11.6. The molecule has 0 unspecified atom stereocenters. The number of nitrogens with zero attached hydrogens (tertiary/aromatic N) is 3. The summed E-state index contributed by atoms with van der Waals surface area (Å²) in [7, 11) is 0. The monoisotopic (exact) mass is 262 g/mol. The van der Waals surface area contributed by atoms with Gasteiger partial charge in [0.05, 0.1) is 0 Å². The molecular weight excluding hydrogens is 236 g/mol. The fraction of sp³-hybridized carbons (Fsp3) is 0.733. The lowest BCUT2D eigenvalue weighted by atomic mass is 10.2. The highest BCUT2D eigenvalue weighted by Crippen LogP contribution is 2.19. The van der Waals surface area contributed by atoms with Crippen LogP contribution in [0.2, 0.25) is 0 Å². The van der Waals surface area contributed by atoms with Gasteiger partial charge in [0, 0.05) is 31.4 Å². The second-order valence-corrected chi connectivity index (χ2v) is 5.37. The number of rotatable bonds is 5. The molecule has 1 aliphatic rings. The van der Waals surface area contributed by atoms with Gasteiger partial charge in [-0.2, -0.15) is 4.98 Å². The van der Waals surface area contributed by atoms with Crippen LogP contribution in [0.25, 0.3) is 0 Å². The highest BCUT2D eigenvalue weighted by Gasteiger charge is 2.12. The number of nitrogens with one attached hydrogen (secondary N) is 1. The van der Waals surface area contributed by atoms with Crippen molar-refractivity contribution in [2.45, 2.75) is 52.4 Å². The van der Waals surface area contributed by atoms with E-state index in [2.05, 4.69) is 33.2 Å². The molecule has 1 saturated heterocycles. The molecule has 4 nitrogen and oxygen atoms in total. The maximum Gasteiger partial charge on any atom is 0.224 e. The molecule has 0 aromatic carbocycles. The molecule has 4 heteroatoms. The average Bonchev–Trinajstić information content (AvgIpc) is 2.67. The standard InChI is InChI=1S/C15H26N4/c1-3-4-9-16-15-17-13(2)12-14(18-15)19-10-7-5-6-8-11-19/h12H,3-11H2,1-2H3,(H,16,17,18). The molecule has 1 aromatic rings. The van der Waals surface area contributed by atoms with Gasteiger partial charge in [-0.05, 0) is 26.2 Å². The summed E-state index contributed by atoms with van der Waals surface area (Å²) in [5, 5.41) is 3.33. The number of hydrogen-bond acceptors (Lipinski definition) is 4. The minimum absolute atomic E-state index is 0.785. The van der Waals surface area contributed by atoms with Gasteiger partial charge in [0.15, 0.2) is 0 Å². The van der Waals surface area contributed by atoms with Crippen LogP contribution < -0.4 is 10.2 Å². The van der Waals surface area contributed by atoms with Crippen molar-refractivity contribution in [2.24, 2.45) is 0 Å². The summed E-state index contributed by atoms with van der Waals surface area (Å²) in [5.41, 5.74) is 1.05. The zero-order valence-electron chi connectivity index (χ0n) is 12.3. The van der Waals surface area contributed by atoms with Crippen molar-refractivity contribution in [3.8, 4) is 0 Å². The van der Waals surface area contributed by atoms with Crippen LogP contribution in [0.5, 0.6) is 0 Å². The molecule has 1 aliphatic heterocycles. The summed E-state index contributed by atoms with van der Waals surface area (Å²) in [5.74, 6) is 1.88. The van der Waals surface area contributed by atoms with Crippen LogP contribution >= 0.6 is 0 Å². The van der Waals surface area contributed by atoms with Gasteiger partial charge in [0.25, 0.3) is 0 Å². The first-order valence-corrected chi connectivity index (χ1v) is 7.64. The van der Waals surface area contributed by atoms with Gasteiger partial charge < -0.3 is 10.2 Å². The summed E-state index contributed by atoms with van der Waals surface area (Å²) in [6.07, 6.45) is 7.61. The highest BCUT2D eigenvalue weighted by atomic mass is 15.2. The Balaban J connectivity index is 2.06. The van der Waals surface area contributed by atoms with E-state index >= 15 is 0 Å². The van der Waals surface area contributed by atoms with Crippen LogP contribution in [-0.4, -0.2) is 29.6 Å². The van der Waals surface area contributed by atoms with Gasteiger partial charge >= 0.3 is 0 Å². The Morgan fingerprint density at radius 2 is 1.89 bits per heavy atom. The summed E-state index contributed by atoms with van der Waals surface area (Å²) in [6.45, 7) is 7.46. The Bertz CT molecular complexity index is 384. The van der Waals surface area contributed by atoms with E-state index in [-0.39, 0.29) is 0 Å². The smallest absolute Gasteiger partial charge is 0.224 e. The Morgan fingerprint density at radius 1 is 1.16 bits per heavy atom. The van der Waals surface area contributed by atoms with E-state index in [4.69, 9.17) is 0 Å². The molecule has 1 fully saturated rings. The largest absolute Gasteiger partial charge is 0.356 e. The first-order valence-electron chi connectivity index (χ1n) is 7.64. The van der Waals surface area contributed by atoms with E-state index in [0.29, 0.717) is 0 Å². The fourth-order valence-electron chi connectivity index (χ4n) is 2.47. The summed E-state index contributed by atoms with van der Waals surface area (Å²) < 4.78 is 0. The van der Waals surface area contributed by atoms with Gasteiger partial charge in [-0.25, -0.2) is 4.98 Å². The second kappa shape index (κ2) is 7.31. The molecule has 0 aliphatic carbocycles. The highest BCUT2D eigenvalue weighted by molar-refractivity contribution is 5.44. The molecule has 1 N–H and O–H groups in total. The van der Waals surface area contributed by atoms with Crippen molar-refractivity contribution in [3.63, 3.8) is 0 Å². The Kier molecular flexibility index (Phi) is 5.43. The summed E-state index contributed by atoms with van der Waals surface area (Å²) in [6, 6.07) is 2.11. The number of unbranched alkanes of at least 4 members (excludes halogenated alkanes) is 1. The number of aryl methyl sites for hydroxylation is 1. The third kappa shape index (κ3) is 4.37. The van der Waals surface area contributed by atoms with Gasteiger partial charge in [-0.3, -0.25) is 0 Å². The number of anilines is 2. The van der Waals surface area contributed by atoms with Gasteiger partial charge in [-0.1, -0.05) is 26.2 Å². The number of aromatic nitrogens is 2. The lowest BCUT2D eigenvalue weighted by Crippen LogP contribution is -2.25. The van der Waals surface area contributed by atoms with Crippen LogP contribution in [0.15, 0.2) is 6.07 Å². The van der Waals surface area contributed by atoms with Gasteiger partial charge in [-0.15, -0.1) is 0 Å². The number of hydrogen-bond donors (Lipinski definition) is 1. The molecule has 0 atom stereocenters. The lowest BCUT2D eigenvalue weighted by Gasteiger charge is -2.22. The Hall–Kier alpha value is -1.32. The van der Waals surface area contributed by atoms with E-state index in [0.717, 1.165) is 43.5 Å². The van der Waals surface area contributed by atoms with Crippen LogP contribution in [0.3, 0.4) is 0 Å². The predicted octanol–water partition coefficient (Wildman–Crippen LogP) is 3.38. The van der Waals surface area contributed by atoms with Crippen molar-refractivity contribution in [3.05, 3.63) is 11.8 Å². The molecule has 0 radical (unpaired) electrons. The van der Waals surface area contributed by atoms with Crippen LogP contribution in [0.1, 0.15) is 51.1 Å². The van der Waals surface area contributed by atoms with E-state index in [1.807, 2.05) is 6.92 Å². The Labute approximate surface area is 116 Å².